The van der Waals surface area contributed by atoms with Gasteiger partial charge in [0, 0.05) is 22.3 Å². The summed E-state index contributed by atoms with van der Waals surface area (Å²) in [6.07, 6.45) is 0. The van der Waals surface area contributed by atoms with Crippen molar-refractivity contribution in [2.75, 3.05) is 5.32 Å². The van der Waals surface area contributed by atoms with Crippen LogP contribution in [0.3, 0.4) is 0 Å². The van der Waals surface area contributed by atoms with Crippen molar-refractivity contribution in [3.05, 3.63) is 81.5 Å². The molecule has 1 aromatic heterocycles. The molecule has 128 valence electrons. The lowest BCUT2D eigenvalue weighted by molar-refractivity contribution is 0.102. The first-order chi connectivity index (χ1) is 11.9. The number of rotatable bonds is 4. The van der Waals surface area contributed by atoms with E-state index in [2.05, 4.69) is 10.4 Å². The minimum Gasteiger partial charge on any atom is -0.305 e. The molecule has 1 N–H and O–H groups in total. The average molecular weight is 354 g/mol. The van der Waals surface area contributed by atoms with E-state index in [1.165, 1.54) is 0 Å². The smallest absolute Gasteiger partial charge is 0.257 e. The molecule has 3 aromatic rings. The first-order valence-electron chi connectivity index (χ1n) is 8.10. The van der Waals surface area contributed by atoms with Crippen LogP contribution in [0, 0.1) is 20.8 Å². The summed E-state index contributed by atoms with van der Waals surface area (Å²) in [5, 5.41) is 8.08. The molecule has 5 heteroatoms. The molecule has 0 fully saturated rings. The van der Waals surface area contributed by atoms with Crippen molar-refractivity contribution in [1.29, 1.82) is 0 Å². The lowest BCUT2D eigenvalue weighted by Gasteiger charge is -2.07. The van der Waals surface area contributed by atoms with Crippen LogP contribution in [0.15, 0.2) is 48.5 Å². The normalized spacial score (nSPS) is 10.7. The van der Waals surface area contributed by atoms with Crippen LogP contribution in [-0.2, 0) is 6.54 Å². The SMILES string of the molecule is Cc1ccc(C)c(C(=O)Nc2cc(C)n(Cc3ccccc3Cl)n2)c1. The van der Waals surface area contributed by atoms with Crippen LogP contribution in [0.25, 0.3) is 0 Å². The minimum absolute atomic E-state index is 0.149. The number of nitrogens with zero attached hydrogens (tertiary/aromatic N) is 2. The van der Waals surface area contributed by atoms with Gasteiger partial charge in [0.2, 0.25) is 0 Å². The van der Waals surface area contributed by atoms with Gasteiger partial charge in [-0.15, -0.1) is 0 Å². The van der Waals surface area contributed by atoms with E-state index in [1.807, 2.05) is 74.0 Å². The molecule has 0 saturated carbocycles. The molecule has 0 radical (unpaired) electrons. The van der Waals surface area contributed by atoms with E-state index in [0.717, 1.165) is 22.4 Å². The number of aryl methyl sites for hydroxylation is 3. The Morgan fingerprint density at radius 2 is 1.88 bits per heavy atom. The summed E-state index contributed by atoms with van der Waals surface area (Å²) in [5.74, 6) is 0.388. The number of anilines is 1. The summed E-state index contributed by atoms with van der Waals surface area (Å²) in [6.45, 7) is 6.41. The van der Waals surface area contributed by atoms with Crippen molar-refractivity contribution < 1.29 is 4.79 Å². The second-order valence-electron chi connectivity index (χ2n) is 6.19. The standard InChI is InChI=1S/C20H20ClN3O/c1-13-8-9-14(2)17(10-13)20(25)22-19-11-15(3)24(23-19)12-16-6-4-5-7-18(16)21/h4-11H,12H2,1-3H3,(H,22,23,25). The highest BCUT2D eigenvalue weighted by Gasteiger charge is 2.13. The van der Waals surface area contributed by atoms with Crippen LogP contribution in [0.1, 0.15) is 32.7 Å². The molecule has 25 heavy (non-hydrogen) atoms. The number of amides is 1. The van der Waals surface area contributed by atoms with Gasteiger partial charge in [-0.2, -0.15) is 5.10 Å². The number of carbonyl (C=O) groups is 1. The van der Waals surface area contributed by atoms with Gasteiger partial charge in [0.15, 0.2) is 5.82 Å². The highest BCUT2D eigenvalue weighted by Crippen LogP contribution is 2.19. The summed E-state index contributed by atoms with van der Waals surface area (Å²) < 4.78 is 1.83. The minimum atomic E-state index is -0.149. The Kier molecular flexibility index (Phi) is 4.91. The van der Waals surface area contributed by atoms with Gasteiger partial charge in [0.1, 0.15) is 0 Å². The third-order valence-corrected chi connectivity index (χ3v) is 4.51. The van der Waals surface area contributed by atoms with Gasteiger partial charge in [-0.3, -0.25) is 9.48 Å². The number of hydrogen-bond donors (Lipinski definition) is 1. The highest BCUT2D eigenvalue weighted by atomic mass is 35.5. The average Bonchev–Trinajstić information content (AvgIpc) is 2.91. The van der Waals surface area contributed by atoms with Crippen LogP contribution >= 0.6 is 11.6 Å². The summed E-state index contributed by atoms with van der Waals surface area (Å²) >= 11 is 6.22. The van der Waals surface area contributed by atoms with Crippen molar-refractivity contribution in [1.82, 2.24) is 9.78 Å². The fraction of sp³-hybridized carbons (Fsp3) is 0.200. The summed E-state index contributed by atoms with van der Waals surface area (Å²) in [4.78, 5) is 12.5. The molecule has 0 saturated heterocycles. The number of halogens is 1. The van der Waals surface area contributed by atoms with Gasteiger partial charge >= 0.3 is 0 Å². The molecule has 0 aliphatic heterocycles. The van der Waals surface area contributed by atoms with Crippen LogP contribution in [0.5, 0.6) is 0 Å². The predicted molar refractivity (Wildman–Crippen MR) is 101 cm³/mol. The second-order valence-corrected chi connectivity index (χ2v) is 6.60. The number of benzene rings is 2. The topological polar surface area (TPSA) is 46.9 Å². The molecule has 2 aromatic carbocycles. The Bertz CT molecular complexity index is 930. The summed E-state index contributed by atoms with van der Waals surface area (Å²) in [5.41, 5.74) is 4.60. The maximum atomic E-state index is 12.5. The Morgan fingerprint density at radius 3 is 2.64 bits per heavy atom. The van der Waals surface area contributed by atoms with E-state index in [4.69, 9.17) is 11.6 Å². The van der Waals surface area contributed by atoms with Crippen molar-refractivity contribution in [3.8, 4) is 0 Å². The van der Waals surface area contributed by atoms with E-state index in [1.54, 1.807) is 0 Å². The predicted octanol–water partition coefficient (Wildman–Crippen LogP) is 4.76. The van der Waals surface area contributed by atoms with Crippen LogP contribution < -0.4 is 5.32 Å². The lowest BCUT2D eigenvalue weighted by Crippen LogP contribution is -2.14. The first-order valence-corrected chi connectivity index (χ1v) is 8.48. The number of carbonyl (C=O) groups excluding carboxylic acids is 1. The molecule has 1 amide bonds. The van der Waals surface area contributed by atoms with Crippen molar-refractivity contribution in [3.63, 3.8) is 0 Å². The Balaban J connectivity index is 1.79. The zero-order valence-corrected chi connectivity index (χ0v) is 15.3. The molecular weight excluding hydrogens is 334 g/mol. The van der Waals surface area contributed by atoms with Gasteiger partial charge in [-0.25, -0.2) is 0 Å². The van der Waals surface area contributed by atoms with Gasteiger partial charge < -0.3 is 5.32 Å². The Hall–Kier alpha value is -2.59. The van der Waals surface area contributed by atoms with Gasteiger partial charge in [0.25, 0.3) is 5.91 Å². The molecule has 0 spiro atoms. The maximum absolute atomic E-state index is 12.5. The van der Waals surface area contributed by atoms with Crippen LogP contribution in [-0.4, -0.2) is 15.7 Å². The van der Waals surface area contributed by atoms with Crippen LogP contribution in [0.2, 0.25) is 5.02 Å². The molecule has 4 nitrogen and oxygen atoms in total. The largest absolute Gasteiger partial charge is 0.305 e. The van der Waals surface area contributed by atoms with Gasteiger partial charge in [-0.05, 0) is 44.0 Å². The third-order valence-electron chi connectivity index (χ3n) is 4.14. The summed E-state index contributed by atoms with van der Waals surface area (Å²) in [6, 6.07) is 15.4. The molecule has 0 atom stereocenters. The molecule has 0 aliphatic rings. The number of nitrogens with one attached hydrogen (secondary N) is 1. The van der Waals surface area contributed by atoms with E-state index in [0.29, 0.717) is 22.9 Å². The maximum Gasteiger partial charge on any atom is 0.257 e. The zero-order valence-electron chi connectivity index (χ0n) is 14.5. The fourth-order valence-electron chi connectivity index (χ4n) is 2.68. The Labute approximate surface area is 152 Å². The third kappa shape index (κ3) is 3.91. The van der Waals surface area contributed by atoms with Crippen molar-refractivity contribution in [2.24, 2.45) is 0 Å². The zero-order chi connectivity index (χ0) is 18.0. The number of hydrogen-bond acceptors (Lipinski definition) is 2. The summed E-state index contributed by atoms with van der Waals surface area (Å²) in [7, 11) is 0. The van der Waals surface area contributed by atoms with Crippen LogP contribution in [0.4, 0.5) is 5.82 Å². The lowest BCUT2D eigenvalue weighted by atomic mass is 10.1. The highest BCUT2D eigenvalue weighted by molar-refractivity contribution is 6.31. The Morgan fingerprint density at radius 1 is 1.12 bits per heavy atom. The monoisotopic (exact) mass is 353 g/mol. The van der Waals surface area contributed by atoms with Gasteiger partial charge in [0.05, 0.1) is 6.54 Å². The molecule has 3 rings (SSSR count). The quantitative estimate of drug-likeness (QED) is 0.734. The first kappa shape index (κ1) is 17.2. The van der Waals surface area contributed by atoms with E-state index in [-0.39, 0.29) is 5.91 Å². The van der Waals surface area contributed by atoms with E-state index >= 15 is 0 Å². The van der Waals surface area contributed by atoms with Crippen molar-refractivity contribution in [2.45, 2.75) is 27.3 Å². The molecule has 0 aliphatic carbocycles. The second kappa shape index (κ2) is 7.11. The van der Waals surface area contributed by atoms with Gasteiger partial charge in [-0.1, -0.05) is 47.5 Å². The molecule has 1 heterocycles. The fourth-order valence-corrected chi connectivity index (χ4v) is 2.88. The molecule has 0 bridgehead atoms. The molecule has 0 unspecified atom stereocenters. The van der Waals surface area contributed by atoms with E-state index < -0.39 is 0 Å². The van der Waals surface area contributed by atoms with E-state index in [9.17, 15) is 4.79 Å². The number of aromatic nitrogens is 2. The van der Waals surface area contributed by atoms with Crippen molar-refractivity contribution >= 4 is 23.3 Å². The molecular formula is C20H20ClN3O.